The van der Waals surface area contributed by atoms with E-state index in [1.807, 2.05) is 125 Å². The highest BCUT2D eigenvalue weighted by Crippen LogP contribution is 2.51. The summed E-state index contributed by atoms with van der Waals surface area (Å²) >= 11 is 0. The van der Waals surface area contributed by atoms with Gasteiger partial charge in [0.05, 0.1) is 0 Å². The third-order valence-corrected chi connectivity index (χ3v) is 9.65. The molecule has 3 aromatic heterocycles. The summed E-state index contributed by atoms with van der Waals surface area (Å²) in [4.78, 5) is 24.3. The van der Waals surface area contributed by atoms with E-state index < -0.39 is 0 Å². The average Bonchev–Trinajstić information content (AvgIpc) is 3.20. The van der Waals surface area contributed by atoms with Crippen LogP contribution in [0.2, 0.25) is 0 Å². The van der Waals surface area contributed by atoms with Crippen LogP contribution in [0.4, 0.5) is 0 Å². The van der Waals surface area contributed by atoms with Crippen LogP contribution in [0, 0.1) is 27.7 Å². The molecule has 0 bridgehead atoms. The molecule has 0 radical (unpaired) electrons. The van der Waals surface area contributed by atoms with Crippen molar-refractivity contribution in [2.45, 2.75) is 27.7 Å². The van der Waals surface area contributed by atoms with Crippen molar-refractivity contribution < 1.29 is 9.47 Å². The molecular formula is C47H35N5O2. The lowest BCUT2D eigenvalue weighted by Crippen LogP contribution is -2.02. The first kappa shape index (κ1) is 32.9. The highest BCUT2D eigenvalue weighted by atomic mass is 16.6. The molecule has 7 nitrogen and oxygen atoms in total. The number of ether oxygens (including phenoxy) is 2. The van der Waals surface area contributed by atoms with E-state index in [0.29, 0.717) is 40.5 Å². The molecule has 7 heteroatoms. The summed E-state index contributed by atoms with van der Waals surface area (Å²) < 4.78 is 13.2. The summed E-state index contributed by atoms with van der Waals surface area (Å²) in [5.74, 6) is 4.40. The molecule has 1 aliphatic rings. The van der Waals surface area contributed by atoms with Gasteiger partial charge >= 0.3 is 0 Å². The molecule has 0 N–H and O–H groups in total. The van der Waals surface area contributed by atoms with E-state index in [2.05, 4.69) is 42.5 Å². The van der Waals surface area contributed by atoms with Crippen molar-refractivity contribution in [3.8, 4) is 90.5 Å². The molecule has 9 rings (SSSR count). The SMILES string of the molecule is Cc1ccc(-c2cc3c(cc2-c2ccc(C)nc2C)Oc2cc(-c4cccc(-c5nc(-c6ccccc6)nc(-c6ccccc6)n5)c4)ccc2O3)c(C)n1. The van der Waals surface area contributed by atoms with E-state index in [1.54, 1.807) is 0 Å². The van der Waals surface area contributed by atoms with Gasteiger partial charge in [-0.05, 0) is 92.4 Å². The molecule has 1 aliphatic heterocycles. The van der Waals surface area contributed by atoms with Gasteiger partial charge in [-0.3, -0.25) is 9.97 Å². The van der Waals surface area contributed by atoms with Crippen LogP contribution in [0.5, 0.6) is 23.0 Å². The van der Waals surface area contributed by atoms with Crippen molar-refractivity contribution in [2.24, 2.45) is 0 Å². The zero-order valence-corrected chi connectivity index (χ0v) is 30.3. The van der Waals surface area contributed by atoms with Gasteiger partial charge in [0, 0.05) is 50.6 Å². The fourth-order valence-corrected chi connectivity index (χ4v) is 6.97. The second kappa shape index (κ2) is 13.5. The largest absolute Gasteiger partial charge is 0.449 e. The number of pyridine rings is 2. The highest BCUT2D eigenvalue weighted by Gasteiger charge is 2.25. The van der Waals surface area contributed by atoms with Gasteiger partial charge in [0.25, 0.3) is 0 Å². The molecule has 8 aromatic rings. The molecular weight excluding hydrogens is 667 g/mol. The molecule has 0 amide bonds. The van der Waals surface area contributed by atoms with E-state index in [1.165, 1.54) is 0 Å². The van der Waals surface area contributed by atoms with Crippen molar-refractivity contribution in [1.82, 2.24) is 24.9 Å². The van der Waals surface area contributed by atoms with Crippen LogP contribution < -0.4 is 9.47 Å². The predicted molar refractivity (Wildman–Crippen MR) is 214 cm³/mol. The van der Waals surface area contributed by atoms with Crippen LogP contribution in [0.25, 0.3) is 67.5 Å². The Morgan fingerprint density at radius 1 is 0.315 bits per heavy atom. The first-order valence-corrected chi connectivity index (χ1v) is 17.9. The topological polar surface area (TPSA) is 82.9 Å². The van der Waals surface area contributed by atoms with Crippen molar-refractivity contribution in [3.05, 3.63) is 162 Å². The van der Waals surface area contributed by atoms with E-state index in [0.717, 1.165) is 72.8 Å². The van der Waals surface area contributed by atoms with E-state index in [4.69, 9.17) is 34.4 Å². The first-order valence-electron chi connectivity index (χ1n) is 17.9. The average molecular weight is 702 g/mol. The molecule has 0 unspecified atom stereocenters. The van der Waals surface area contributed by atoms with Crippen molar-refractivity contribution in [2.75, 3.05) is 0 Å². The molecule has 0 fully saturated rings. The van der Waals surface area contributed by atoms with Crippen LogP contribution in [0.1, 0.15) is 22.8 Å². The van der Waals surface area contributed by atoms with Gasteiger partial charge in [-0.15, -0.1) is 0 Å². The number of aryl methyl sites for hydroxylation is 4. The lowest BCUT2D eigenvalue weighted by Gasteiger charge is -2.24. The maximum atomic E-state index is 6.66. The Morgan fingerprint density at radius 2 is 0.759 bits per heavy atom. The summed E-state index contributed by atoms with van der Waals surface area (Å²) in [6.45, 7) is 8.10. The normalized spacial score (nSPS) is 11.6. The molecule has 54 heavy (non-hydrogen) atoms. The minimum absolute atomic E-state index is 0.597. The Kier molecular flexibility index (Phi) is 8.24. The number of fused-ring (bicyclic) bond motifs is 2. The maximum absolute atomic E-state index is 6.66. The van der Waals surface area contributed by atoms with Gasteiger partial charge in [0.2, 0.25) is 0 Å². The summed E-state index contributed by atoms with van der Waals surface area (Å²) in [5.41, 5.74) is 12.6. The quantitative estimate of drug-likeness (QED) is 0.171. The zero-order chi connectivity index (χ0) is 36.8. The molecule has 0 saturated carbocycles. The molecule has 0 atom stereocenters. The Labute approximate surface area is 314 Å². The smallest absolute Gasteiger partial charge is 0.170 e. The Hall–Kier alpha value is -6.99. The van der Waals surface area contributed by atoms with Gasteiger partial charge in [0.15, 0.2) is 40.5 Å². The molecule has 0 spiro atoms. The fourth-order valence-electron chi connectivity index (χ4n) is 6.97. The van der Waals surface area contributed by atoms with Crippen LogP contribution in [0.15, 0.2) is 140 Å². The van der Waals surface area contributed by atoms with Gasteiger partial charge < -0.3 is 9.47 Å². The van der Waals surface area contributed by atoms with Crippen LogP contribution in [-0.4, -0.2) is 24.9 Å². The van der Waals surface area contributed by atoms with E-state index in [9.17, 15) is 0 Å². The van der Waals surface area contributed by atoms with Gasteiger partial charge in [-0.2, -0.15) is 0 Å². The van der Waals surface area contributed by atoms with Gasteiger partial charge in [-0.1, -0.05) is 97.1 Å². The summed E-state index contributed by atoms with van der Waals surface area (Å²) in [6, 6.07) is 46.7. The van der Waals surface area contributed by atoms with Crippen molar-refractivity contribution >= 4 is 0 Å². The predicted octanol–water partition coefficient (Wildman–Crippen LogP) is 11.8. The second-order valence-electron chi connectivity index (χ2n) is 13.5. The summed E-state index contributed by atoms with van der Waals surface area (Å²) in [7, 11) is 0. The van der Waals surface area contributed by atoms with Crippen molar-refractivity contribution in [3.63, 3.8) is 0 Å². The Bertz CT molecular complexity index is 2650. The summed E-state index contributed by atoms with van der Waals surface area (Å²) in [5, 5.41) is 0. The monoisotopic (exact) mass is 701 g/mol. The maximum Gasteiger partial charge on any atom is 0.170 e. The second-order valence-corrected chi connectivity index (χ2v) is 13.5. The minimum Gasteiger partial charge on any atom is -0.449 e. The summed E-state index contributed by atoms with van der Waals surface area (Å²) in [6.07, 6.45) is 0. The Balaban J connectivity index is 1.10. The standard InChI is InChI=1S/C47H35N5O2/c1-28-18-21-37(30(3)48-28)39-26-43-44(27-40(39)38-22-19-29(2)49-31(38)4)54-42-25-35(20-23-41(42)53-43)34-16-11-17-36(24-34)47-51-45(32-12-7-5-8-13-32)50-46(52-47)33-14-9-6-10-15-33/h5-27H,1-4H3. The molecule has 260 valence electrons. The van der Waals surface area contributed by atoms with Gasteiger partial charge in [-0.25, -0.2) is 15.0 Å². The van der Waals surface area contributed by atoms with Crippen molar-refractivity contribution in [1.29, 1.82) is 0 Å². The zero-order valence-electron chi connectivity index (χ0n) is 30.3. The lowest BCUT2D eigenvalue weighted by molar-refractivity contribution is 0.360. The lowest BCUT2D eigenvalue weighted by atomic mass is 9.92. The number of hydrogen-bond donors (Lipinski definition) is 0. The van der Waals surface area contributed by atoms with Gasteiger partial charge in [0.1, 0.15) is 0 Å². The number of benzene rings is 5. The third kappa shape index (κ3) is 6.26. The van der Waals surface area contributed by atoms with Crippen LogP contribution in [0.3, 0.4) is 0 Å². The Morgan fingerprint density at radius 3 is 1.30 bits per heavy atom. The number of nitrogens with zero attached hydrogens (tertiary/aromatic N) is 5. The fraction of sp³-hybridized carbons (Fsp3) is 0.0851. The number of rotatable bonds is 6. The highest BCUT2D eigenvalue weighted by molar-refractivity contribution is 5.88. The minimum atomic E-state index is 0.597. The number of hydrogen-bond acceptors (Lipinski definition) is 7. The van der Waals surface area contributed by atoms with E-state index in [-0.39, 0.29) is 0 Å². The van der Waals surface area contributed by atoms with E-state index >= 15 is 0 Å². The number of aromatic nitrogens is 5. The molecule has 0 saturated heterocycles. The molecule has 0 aliphatic carbocycles. The first-order chi connectivity index (χ1) is 26.4. The van der Waals surface area contributed by atoms with Crippen LogP contribution >= 0.6 is 0 Å². The third-order valence-electron chi connectivity index (χ3n) is 9.65. The molecule has 5 aromatic carbocycles. The molecule has 4 heterocycles. The van der Waals surface area contributed by atoms with Crippen LogP contribution in [-0.2, 0) is 0 Å².